The van der Waals surface area contributed by atoms with Crippen molar-refractivity contribution in [1.82, 2.24) is 15.5 Å². The van der Waals surface area contributed by atoms with Crippen molar-refractivity contribution in [1.29, 1.82) is 0 Å². The molecular weight excluding hydrogens is 296 g/mol. The quantitative estimate of drug-likeness (QED) is 0.568. The Morgan fingerprint density at radius 1 is 1.17 bits per heavy atom. The number of nitrogens with zero attached hydrogens (tertiary/aromatic N) is 2. The van der Waals surface area contributed by atoms with E-state index in [1.165, 1.54) is 43.6 Å². The second kappa shape index (κ2) is 10.3. The van der Waals surface area contributed by atoms with Crippen LogP contribution in [0.2, 0.25) is 0 Å². The van der Waals surface area contributed by atoms with E-state index in [1.54, 1.807) is 0 Å². The molecule has 1 fully saturated rings. The Labute approximate surface area is 147 Å². The molecule has 4 heteroatoms. The molecule has 0 radical (unpaired) electrons. The molecule has 4 nitrogen and oxygen atoms in total. The normalized spacial score (nSPS) is 18.8. The molecule has 24 heavy (non-hydrogen) atoms. The third kappa shape index (κ3) is 5.82. The van der Waals surface area contributed by atoms with Crippen molar-refractivity contribution in [3.8, 4) is 0 Å². The molecule has 1 aromatic carbocycles. The lowest BCUT2D eigenvalue weighted by atomic mass is 10.1. The van der Waals surface area contributed by atoms with Gasteiger partial charge in [0.15, 0.2) is 5.96 Å². The summed E-state index contributed by atoms with van der Waals surface area (Å²) in [5.74, 6) is 1.68. The molecule has 1 aliphatic heterocycles. The van der Waals surface area contributed by atoms with Crippen LogP contribution in [0.1, 0.15) is 44.7 Å². The summed E-state index contributed by atoms with van der Waals surface area (Å²) in [5.41, 5.74) is 2.72. The van der Waals surface area contributed by atoms with Gasteiger partial charge in [0.05, 0.1) is 6.54 Å². The van der Waals surface area contributed by atoms with Gasteiger partial charge in [0.2, 0.25) is 0 Å². The van der Waals surface area contributed by atoms with E-state index in [0.29, 0.717) is 0 Å². The molecule has 2 N–H and O–H groups in total. The summed E-state index contributed by atoms with van der Waals surface area (Å²) < 4.78 is 0. The summed E-state index contributed by atoms with van der Waals surface area (Å²) in [4.78, 5) is 7.37. The first-order valence-corrected chi connectivity index (χ1v) is 9.58. The number of hydrogen-bond donors (Lipinski definition) is 2. The molecule has 1 aliphatic rings. The van der Waals surface area contributed by atoms with Crippen LogP contribution in [0.3, 0.4) is 0 Å². The standard InChI is InChI=1S/C20H34N4/c1-4-12-24-13-11-17(16-24)14-22-20(21-6-3)23-15-19-10-8-7-9-18(19)5-2/h7-10,17H,4-6,11-16H2,1-3H3,(H2,21,22,23). The number of likely N-dealkylation sites (tertiary alicyclic amines) is 1. The van der Waals surface area contributed by atoms with E-state index in [4.69, 9.17) is 4.99 Å². The van der Waals surface area contributed by atoms with Crippen LogP contribution in [-0.2, 0) is 13.0 Å². The highest BCUT2D eigenvalue weighted by molar-refractivity contribution is 5.79. The topological polar surface area (TPSA) is 39.7 Å². The monoisotopic (exact) mass is 330 g/mol. The van der Waals surface area contributed by atoms with E-state index in [0.717, 1.165) is 37.9 Å². The zero-order valence-corrected chi connectivity index (χ0v) is 15.6. The molecule has 0 aliphatic carbocycles. The summed E-state index contributed by atoms with van der Waals surface area (Å²) in [6, 6.07) is 8.60. The van der Waals surface area contributed by atoms with Gasteiger partial charge in [-0.3, -0.25) is 0 Å². The van der Waals surface area contributed by atoms with E-state index in [-0.39, 0.29) is 0 Å². The van der Waals surface area contributed by atoms with Crippen molar-refractivity contribution in [2.75, 3.05) is 32.7 Å². The van der Waals surface area contributed by atoms with Crippen molar-refractivity contribution in [2.45, 2.75) is 46.6 Å². The van der Waals surface area contributed by atoms with Gasteiger partial charge in [0.1, 0.15) is 0 Å². The molecule has 1 heterocycles. The first-order chi connectivity index (χ1) is 11.8. The minimum atomic E-state index is 0.739. The number of benzene rings is 1. The maximum absolute atomic E-state index is 4.79. The van der Waals surface area contributed by atoms with Crippen molar-refractivity contribution < 1.29 is 0 Å². The van der Waals surface area contributed by atoms with Gasteiger partial charge in [-0.2, -0.15) is 0 Å². The molecule has 1 unspecified atom stereocenters. The van der Waals surface area contributed by atoms with Crippen LogP contribution in [0.5, 0.6) is 0 Å². The lowest BCUT2D eigenvalue weighted by Gasteiger charge is -2.17. The smallest absolute Gasteiger partial charge is 0.191 e. The Kier molecular flexibility index (Phi) is 8.10. The molecule has 0 saturated carbocycles. The first-order valence-electron chi connectivity index (χ1n) is 9.58. The van der Waals surface area contributed by atoms with Gasteiger partial charge in [-0.05, 0) is 56.3 Å². The molecule has 0 amide bonds. The highest BCUT2D eigenvalue weighted by atomic mass is 15.2. The van der Waals surface area contributed by atoms with Crippen LogP contribution in [0, 0.1) is 5.92 Å². The van der Waals surface area contributed by atoms with Gasteiger partial charge < -0.3 is 15.5 Å². The van der Waals surface area contributed by atoms with Gasteiger partial charge in [-0.15, -0.1) is 0 Å². The molecule has 2 rings (SSSR count). The maximum Gasteiger partial charge on any atom is 0.191 e. The van der Waals surface area contributed by atoms with Gasteiger partial charge in [-0.1, -0.05) is 38.1 Å². The highest BCUT2D eigenvalue weighted by Crippen LogP contribution is 2.15. The summed E-state index contributed by atoms with van der Waals surface area (Å²) in [6.45, 7) is 12.9. The van der Waals surface area contributed by atoms with Crippen LogP contribution >= 0.6 is 0 Å². The lowest BCUT2D eigenvalue weighted by Crippen LogP contribution is -2.40. The Morgan fingerprint density at radius 2 is 1.96 bits per heavy atom. The average molecular weight is 331 g/mol. The zero-order chi connectivity index (χ0) is 17.2. The van der Waals surface area contributed by atoms with E-state index >= 15 is 0 Å². The minimum absolute atomic E-state index is 0.739. The molecule has 0 bridgehead atoms. The Balaban J connectivity index is 1.87. The predicted octanol–water partition coefficient (Wildman–Crippen LogP) is 3.04. The van der Waals surface area contributed by atoms with Crippen LogP contribution in [0.15, 0.2) is 29.3 Å². The number of rotatable bonds is 8. The van der Waals surface area contributed by atoms with Crippen LogP contribution in [0.4, 0.5) is 0 Å². The zero-order valence-electron chi connectivity index (χ0n) is 15.6. The first kappa shape index (κ1) is 18.8. The Bertz CT molecular complexity index is 512. The largest absolute Gasteiger partial charge is 0.357 e. The molecule has 134 valence electrons. The summed E-state index contributed by atoms with van der Waals surface area (Å²) in [5, 5.41) is 6.92. The lowest BCUT2D eigenvalue weighted by molar-refractivity contribution is 0.324. The van der Waals surface area contributed by atoms with Crippen molar-refractivity contribution >= 4 is 5.96 Å². The third-order valence-electron chi connectivity index (χ3n) is 4.72. The molecule has 1 atom stereocenters. The molecule has 1 aromatic rings. The summed E-state index contributed by atoms with van der Waals surface area (Å²) >= 11 is 0. The predicted molar refractivity (Wildman–Crippen MR) is 103 cm³/mol. The second-order valence-electron chi connectivity index (χ2n) is 6.65. The average Bonchev–Trinajstić information content (AvgIpc) is 3.05. The number of guanidine groups is 1. The molecular formula is C20H34N4. The third-order valence-corrected chi connectivity index (χ3v) is 4.72. The van der Waals surface area contributed by atoms with Crippen LogP contribution in [0.25, 0.3) is 0 Å². The number of nitrogens with one attached hydrogen (secondary N) is 2. The Morgan fingerprint density at radius 3 is 2.67 bits per heavy atom. The maximum atomic E-state index is 4.79. The van der Waals surface area contributed by atoms with E-state index < -0.39 is 0 Å². The van der Waals surface area contributed by atoms with Gasteiger partial charge in [-0.25, -0.2) is 4.99 Å². The van der Waals surface area contributed by atoms with Crippen LogP contribution < -0.4 is 10.6 Å². The fraction of sp³-hybridized carbons (Fsp3) is 0.650. The summed E-state index contributed by atoms with van der Waals surface area (Å²) in [6.07, 6.45) is 3.61. The van der Waals surface area contributed by atoms with Crippen LogP contribution in [-0.4, -0.2) is 43.6 Å². The fourth-order valence-corrected chi connectivity index (χ4v) is 3.40. The minimum Gasteiger partial charge on any atom is -0.357 e. The van der Waals surface area contributed by atoms with E-state index in [2.05, 4.69) is 60.6 Å². The fourth-order valence-electron chi connectivity index (χ4n) is 3.40. The van der Waals surface area contributed by atoms with Crippen molar-refractivity contribution in [2.24, 2.45) is 10.9 Å². The van der Waals surface area contributed by atoms with E-state index in [1.807, 2.05) is 0 Å². The van der Waals surface area contributed by atoms with Crippen molar-refractivity contribution in [3.63, 3.8) is 0 Å². The highest BCUT2D eigenvalue weighted by Gasteiger charge is 2.21. The van der Waals surface area contributed by atoms with Gasteiger partial charge in [0.25, 0.3) is 0 Å². The summed E-state index contributed by atoms with van der Waals surface area (Å²) in [7, 11) is 0. The van der Waals surface area contributed by atoms with E-state index in [9.17, 15) is 0 Å². The number of hydrogen-bond acceptors (Lipinski definition) is 2. The van der Waals surface area contributed by atoms with Gasteiger partial charge >= 0.3 is 0 Å². The van der Waals surface area contributed by atoms with Gasteiger partial charge in [0, 0.05) is 19.6 Å². The number of aliphatic imine (C=N–C) groups is 1. The van der Waals surface area contributed by atoms with Crippen molar-refractivity contribution in [3.05, 3.63) is 35.4 Å². The molecule has 0 spiro atoms. The number of aryl methyl sites for hydroxylation is 1. The molecule has 0 aromatic heterocycles. The molecule has 1 saturated heterocycles. The Hall–Kier alpha value is -1.55. The SMILES string of the molecule is CCCN1CCC(CNC(=NCc2ccccc2CC)NCC)C1. The second-order valence-corrected chi connectivity index (χ2v) is 6.65.